The molecule has 1 rings (SSSR count). The highest BCUT2D eigenvalue weighted by atomic mass is 19.1. The van der Waals surface area contributed by atoms with Gasteiger partial charge in [-0.1, -0.05) is 17.7 Å². The second-order valence-corrected chi connectivity index (χ2v) is 3.15. The first-order valence-electron chi connectivity index (χ1n) is 4.02. The molecule has 2 heteroatoms. The highest BCUT2D eigenvalue weighted by Crippen LogP contribution is 2.11. The Hall–Kier alpha value is -0.890. The highest BCUT2D eigenvalue weighted by molar-refractivity contribution is 5.24. The fourth-order valence-corrected chi connectivity index (χ4v) is 1.18. The molecule has 0 aromatic heterocycles. The monoisotopic (exact) mass is 168 g/mol. The largest absolute Gasteiger partial charge is 0.393 e. The van der Waals surface area contributed by atoms with Crippen molar-refractivity contribution in [2.24, 2.45) is 0 Å². The average molecular weight is 168 g/mol. The van der Waals surface area contributed by atoms with Crippen molar-refractivity contribution in [2.45, 2.75) is 26.4 Å². The van der Waals surface area contributed by atoms with Crippen molar-refractivity contribution in [2.75, 3.05) is 0 Å². The van der Waals surface area contributed by atoms with Crippen molar-refractivity contribution in [3.05, 3.63) is 35.1 Å². The Morgan fingerprint density at radius 1 is 1.50 bits per heavy atom. The summed E-state index contributed by atoms with van der Waals surface area (Å²) in [4.78, 5) is 0. The van der Waals surface area contributed by atoms with Gasteiger partial charge in [-0.25, -0.2) is 4.39 Å². The van der Waals surface area contributed by atoms with E-state index in [-0.39, 0.29) is 5.82 Å². The first-order valence-corrected chi connectivity index (χ1v) is 4.02. The van der Waals surface area contributed by atoms with Crippen molar-refractivity contribution in [3.8, 4) is 0 Å². The number of aliphatic hydroxyl groups excluding tert-OH is 1. The number of hydrogen-bond donors (Lipinski definition) is 1. The Morgan fingerprint density at radius 2 is 2.17 bits per heavy atom. The molecule has 0 amide bonds. The standard InChI is InChI=1S/C10H13FO/c1-7-3-4-10(11)9(5-7)6-8(2)12/h3-5,8,12H,6H2,1-2H3. The molecule has 1 nitrogen and oxygen atoms in total. The lowest BCUT2D eigenvalue weighted by Gasteiger charge is -2.06. The summed E-state index contributed by atoms with van der Waals surface area (Å²) in [6.45, 7) is 3.56. The summed E-state index contributed by atoms with van der Waals surface area (Å²) in [6.07, 6.45) is -0.102. The molecule has 0 saturated carbocycles. The van der Waals surface area contributed by atoms with Crippen molar-refractivity contribution >= 4 is 0 Å². The minimum atomic E-state index is -0.485. The minimum Gasteiger partial charge on any atom is -0.393 e. The Morgan fingerprint density at radius 3 is 2.75 bits per heavy atom. The van der Waals surface area contributed by atoms with Gasteiger partial charge in [0.15, 0.2) is 0 Å². The maximum absolute atomic E-state index is 13.0. The molecule has 0 bridgehead atoms. The lowest BCUT2D eigenvalue weighted by molar-refractivity contribution is 0.194. The van der Waals surface area contributed by atoms with Gasteiger partial charge in [0.05, 0.1) is 6.10 Å². The third kappa shape index (κ3) is 2.31. The zero-order valence-corrected chi connectivity index (χ0v) is 7.34. The van der Waals surface area contributed by atoms with Gasteiger partial charge in [0, 0.05) is 6.42 Å². The summed E-state index contributed by atoms with van der Waals surface area (Å²) >= 11 is 0. The zero-order valence-electron chi connectivity index (χ0n) is 7.34. The van der Waals surface area contributed by atoms with Crippen molar-refractivity contribution in [3.63, 3.8) is 0 Å². The van der Waals surface area contributed by atoms with Gasteiger partial charge < -0.3 is 5.11 Å². The first kappa shape index (κ1) is 9.20. The molecule has 0 heterocycles. The molecule has 66 valence electrons. The maximum atomic E-state index is 13.0. The molecule has 1 aromatic rings. The van der Waals surface area contributed by atoms with Crippen LogP contribution in [0.2, 0.25) is 0 Å². The molecule has 0 spiro atoms. The number of aryl methyl sites for hydroxylation is 1. The molecular weight excluding hydrogens is 155 g/mol. The van der Waals surface area contributed by atoms with E-state index < -0.39 is 6.10 Å². The fraction of sp³-hybridized carbons (Fsp3) is 0.400. The maximum Gasteiger partial charge on any atom is 0.126 e. The smallest absolute Gasteiger partial charge is 0.126 e. The van der Waals surface area contributed by atoms with Crippen LogP contribution in [0.15, 0.2) is 18.2 Å². The van der Waals surface area contributed by atoms with Crippen LogP contribution in [-0.2, 0) is 6.42 Å². The summed E-state index contributed by atoms with van der Waals surface area (Å²) in [5, 5.41) is 9.05. The Kier molecular flexibility index (Phi) is 2.82. The number of halogens is 1. The van der Waals surface area contributed by atoms with E-state index in [2.05, 4.69) is 0 Å². The first-order chi connectivity index (χ1) is 5.59. The lowest BCUT2D eigenvalue weighted by Crippen LogP contribution is -2.06. The topological polar surface area (TPSA) is 20.2 Å². The van der Waals surface area contributed by atoms with E-state index in [1.165, 1.54) is 6.07 Å². The van der Waals surface area contributed by atoms with E-state index in [1.807, 2.05) is 6.92 Å². The summed E-state index contributed by atoms with van der Waals surface area (Å²) in [5.41, 5.74) is 1.61. The quantitative estimate of drug-likeness (QED) is 0.716. The lowest BCUT2D eigenvalue weighted by atomic mass is 10.1. The normalized spacial score (nSPS) is 13.0. The third-order valence-corrected chi connectivity index (χ3v) is 1.72. The summed E-state index contributed by atoms with van der Waals surface area (Å²) < 4.78 is 13.0. The Bertz CT molecular complexity index is 269. The van der Waals surface area contributed by atoms with Crippen LogP contribution in [0.5, 0.6) is 0 Å². The van der Waals surface area contributed by atoms with Crippen molar-refractivity contribution < 1.29 is 9.50 Å². The van der Waals surface area contributed by atoms with Gasteiger partial charge in [-0.2, -0.15) is 0 Å². The van der Waals surface area contributed by atoms with Crippen LogP contribution in [-0.4, -0.2) is 11.2 Å². The van der Waals surface area contributed by atoms with Gasteiger partial charge in [-0.15, -0.1) is 0 Å². The third-order valence-electron chi connectivity index (χ3n) is 1.72. The van der Waals surface area contributed by atoms with Gasteiger partial charge in [0.25, 0.3) is 0 Å². The summed E-state index contributed by atoms with van der Waals surface area (Å²) in [7, 11) is 0. The molecule has 1 N–H and O–H groups in total. The molecule has 1 aromatic carbocycles. The van der Waals surface area contributed by atoms with Crippen LogP contribution in [0, 0.1) is 12.7 Å². The number of hydrogen-bond acceptors (Lipinski definition) is 1. The molecule has 1 unspecified atom stereocenters. The zero-order chi connectivity index (χ0) is 9.14. The van der Waals surface area contributed by atoms with Crippen molar-refractivity contribution in [1.29, 1.82) is 0 Å². The number of rotatable bonds is 2. The van der Waals surface area contributed by atoms with E-state index in [9.17, 15) is 4.39 Å². The predicted molar refractivity (Wildman–Crippen MR) is 46.5 cm³/mol. The molecule has 1 atom stereocenters. The van der Waals surface area contributed by atoms with Crippen LogP contribution in [0.3, 0.4) is 0 Å². The van der Waals surface area contributed by atoms with Crippen LogP contribution < -0.4 is 0 Å². The van der Waals surface area contributed by atoms with E-state index in [0.29, 0.717) is 12.0 Å². The van der Waals surface area contributed by atoms with Crippen LogP contribution in [0.4, 0.5) is 4.39 Å². The molecule has 0 saturated heterocycles. The molecule has 0 fully saturated rings. The SMILES string of the molecule is Cc1ccc(F)c(CC(C)O)c1. The van der Waals surface area contributed by atoms with Gasteiger partial charge >= 0.3 is 0 Å². The van der Waals surface area contributed by atoms with E-state index in [0.717, 1.165) is 5.56 Å². The second kappa shape index (κ2) is 3.68. The van der Waals surface area contributed by atoms with Crippen LogP contribution in [0.25, 0.3) is 0 Å². The van der Waals surface area contributed by atoms with Gasteiger partial charge in [0.1, 0.15) is 5.82 Å². The van der Waals surface area contributed by atoms with E-state index in [1.54, 1.807) is 19.1 Å². The van der Waals surface area contributed by atoms with Crippen LogP contribution in [0.1, 0.15) is 18.1 Å². The van der Waals surface area contributed by atoms with Gasteiger partial charge in [-0.3, -0.25) is 0 Å². The summed E-state index contributed by atoms with van der Waals surface area (Å²) in [5.74, 6) is -0.235. The minimum absolute atomic E-state index is 0.235. The van der Waals surface area contributed by atoms with E-state index in [4.69, 9.17) is 5.11 Å². The van der Waals surface area contributed by atoms with Crippen molar-refractivity contribution in [1.82, 2.24) is 0 Å². The summed E-state index contributed by atoms with van der Waals surface area (Å²) in [6, 6.07) is 4.93. The van der Waals surface area contributed by atoms with Gasteiger partial charge in [-0.05, 0) is 25.5 Å². The molecule has 0 radical (unpaired) electrons. The molecule has 0 aliphatic heterocycles. The average Bonchev–Trinajstić information content (AvgIpc) is 1.96. The van der Waals surface area contributed by atoms with E-state index >= 15 is 0 Å². The predicted octanol–water partition coefficient (Wildman–Crippen LogP) is 2.06. The molecular formula is C10H13FO. The second-order valence-electron chi connectivity index (χ2n) is 3.15. The number of benzene rings is 1. The number of aliphatic hydroxyl groups is 1. The molecule has 0 aliphatic carbocycles. The highest BCUT2D eigenvalue weighted by Gasteiger charge is 2.04. The Balaban J connectivity index is 2.90. The van der Waals surface area contributed by atoms with Crippen LogP contribution >= 0.6 is 0 Å². The fourth-order valence-electron chi connectivity index (χ4n) is 1.18. The molecule has 0 aliphatic rings. The Labute approximate surface area is 71.9 Å². The van der Waals surface area contributed by atoms with Gasteiger partial charge in [0.2, 0.25) is 0 Å². The molecule has 12 heavy (non-hydrogen) atoms.